The van der Waals surface area contributed by atoms with Crippen molar-refractivity contribution < 1.29 is 28.3 Å². The predicted molar refractivity (Wildman–Crippen MR) is 125 cm³/mol. The monoisotopic (exact) mass is 471 g/mol. The molecule has 2 aliphatic rings. The number of hydrogen-bond acceptors (Lipinski definition) is 7. The van der Waals surface area contributed by atoms with Gasteiger partial charge in [-0.2, -0.15) is 0 Å². The first-order chi connectivity index (χ1) is 16.2. The van der Waals surface area contributed by atoms with Crippen LogP contribution in [0.3, 0.4) is 0 Å². The molecule has 0 bridgehead atoms. The van der Waals surface area contributed by atoms with Gasteiger partial charge in [-0.1, -0.05) is 32.1 Å². The van der Waals surface area contributed by atoms with Gasteiger partial charge in [0.2, 0.25) is 5.91 Å². The molecule has 4 rings (SSSR count). The summed E-state index contributed by atoms with van der Waals surface area (Å²) >= 11 is 0. The number of methoxy groups -OCH3 is 1. The van der Waals surface area contributed by atoms with Gasteiger partial charge in [-0.25, -0.2) is 14.6 Å². The number of carbonyl (C=O) groups excluding carboxylic acids is 3. The van der Waals surface area contributed by atoms with E-state index < -0.39 is 23.7 Å². The third kappa shape index (κ3) is 5.18. The summed E-state index contributed by atoms with van der Waals surface area (Å²) in [6, 6.07) is 4.38. The van der Waals surface area contributed by atoms with E-state index in [1.54, 1.807) is 23.1 Å². The van der Waals surface area contributed by atoms with Crippen LogP contribution in [0.15, 0.2) is 22.6 Å². The lowest BCUT2D eigenvalue weighted by Crippen LogP contribution is -2.49. The highest BCUT2D eigenvalue weighted by Gasteiger charge is 2.46. The molecule has 1 saturated carbocycles. The predicted octanol–water partition coefficient (Wildman–Crippen LogP) is 4.76. The minimum atomic E-state index is -0.670. The van der Waals surface area contributed by atoms with Crippen molar-refractivity contribution in [3.8, 4) is 0 Å². The number of nitrogens with zero attached hydrogens (tertiary/aromatic N) is 2. The normalized spacial score (nSPS) is 21.5. The Morgan fingerprint density at radius 2 is 1.85 bits per heavy atom. The van der Waals surface area contributed by atoms with Crippen molar-refractivity contribution >= 4 is 34.8 Å². The maximum Gasteiger partial charge on any atom is 0.410 e. The lowest BCUT2D eigenvalue weighted by molar-refractivity contribution is -0.122. The topological polar surface area (TPSA) is 111 Å². The van der Waals surface area contributed by atoms with Crippen molar-refractivity contribution in [2.45, 2.75) is 70.9 Å². The van der Waals surface area contributed by atoms with Crippen LogP contribution in [0.25, 0.3) is 11.1 Å². The summed E-state index contributed by atoms with van der Waals surface area (Å²) < 4.78 is 15.8. The average molecular weight is 472 g/mol. The van der Waals surface area contributed by atoms with Gasteiger partial charge in [0.1, 0.15) is 17.2 Å². The number of aromatic nitrogens is 1. The highest BCUT2D eigenvalue weighted by molar-refractivity contribution is 5.98. The molecule has 1 aromatic heterocycles. The molecule has 0 unspecified atom stereocenters. The van der Waals surface area contributed by atoms with Gasteiger partial charge < -0.3 is 19.2 Å². The van der Waals surface area contributed by atoms with Crippen molar-refractivity contribution in [2.24, 2.45) is 11.8 Å². The Hall–Kier alpha value is -3.10. The molecular weight excluding hydrogens is 438 g/mol. The van der Waals surface area contributed by atoms with E-state index in [0.29, 0.717) is 29.2 Å². The highest BCUT2D eigenvalue weighted by Crippen LogP contribution is 2.40. The van der Waals surface area contributed by atoms with E-state index in [9.17, 15) is 14.4 Å². The molecule has 184 valence electrons. The Morgan fingerprint density at radius 1 is 1.12 bits per heavy atom. The van der Waals surface area contributed by atoms with E-state index in [1.165, 1.54) is 13.5 Å². The zero-order valence-corrected chi connectivity index (χ0v) is 20.3. The summed E-state index contributed by atoms with van der Waals surface area (Å²) in [4.78, 5) is 43.9. The van der Waals surface area contributed by atoms with Gasteiger partial charge in [0.25, 0.3) is 0 Å². The number of benzene rings is 1. The third-order valence-corrected chi connectivity index (χ3v) is 6.61. The lowest BCUT2D eigenvalue weighted by atomic mass is 9.76. The molecule has 1 N–H and O–H groups in total. The van der Waals surface area contributed by atoms with Crippen LogP contribution in [0, 0.1) is 11.8 Å². The number of carbonyl (C=O) groups is 3. The first kappa shape index (κ1) is 24.0. The molecule has 9 nitrogen and oxygen atoms in total. The molecule has 0 radical (unpaired) electrons. The number of esters is 1. The van der Waals surface area contributed by atoms with Gasteiger partial charge in [0, 0.05) is 18.3 Å². The number of hydrogen-bond donors (Lipinski definition) is 1. The Balaban J connectivity index is 1.57. The molecule has 1 aliphatic heterocycles. The molecule has 0 spiro atoms. The van der Waals surface area contributed by atoms with Gasteiger partial charge >= 0.3 is 18.0 Å². The van der Waals surface area contributed by atoms with E-state index in [2.05, 4.69) is 15.0 Å². The molecule has 2 fully saturated rings. The maximum atomic E-state index is 13.6. The van der Waals surface area contributed by atoms with Crippen molar-refractivity contribution in [1.82, 2.24) is 9.88 Å². The minimum absolute atomic E-state index is 0.0905. The summed E-state index contributed by atoms with van der Waals surface area (Å²) in [5.74, 6) is -0.559. The number of ether oxygens (including phenoxy) is 2. The van der Waals surface area contributed by atoms with Crippen LogP contribution in [0.5, 0.6) is 0 Å². The Bertz CT molecular complexity index is 1070. The molecular formula is C25H33N3O6. The first-order valence-electron chi connectivity index (χ1n) is 12.0. The van der Waals surface area contributed by atoms with Crippen molar-refractivity contribution in [3.05, 3.63) is 24.1 Å². The molecule has 9 heteroatoms. The number of fused-ring (bicyclic) bond motifs is 1. The SMILES string of the molecule is COC(=O)c1nc2ccc(NC(=O)[C@@H]3[C@H](C4CCCCC4)CCN3C(=O)OC(C)(C)C)cc2o1. The fraction of sp³-hybridized carbons (Fsp3) is 0.600. The van der Waals surface area contributed by atoms with Crippen LogP contribution < -0.4 is 5.32 Å². The summed E-state index contributed by atoms with van der Waals surface area (Å²) in [6.45, 7) is 5.97. The van der Waals surface area contributed by atoms with Crippen LogP contribution in [0.4, 0.5) is 10.5 Å². The second-order valence-electron chi connectivity index (χ2n) is 10.2. The van der Waals surface area contributed by atoms with Gasteiger partial charge in [0.15, 0.2) is 5.58 Å². The summed E-state index contributed by atoms with van der Waals surface area (Å²) in [5.41, 5.74) is 0.700. The zero-order valence-electron chi connectivity index (χ0n) is 20.3. The standard InChI is InChI=1S/C25H33N3O6/c1-25(2,3)34-24(31)28-13-12-17(15-8-6-5-7-9-15)20(28)21(29)26-16-10-11-18-19(14-16)33-22(27-18)23(30)32-4/h10-11,14-15,17,20H,5-9,12-13H2,1-4H3,(H,26,29)/t17-,20-/m0/s1. The number of anilines is 1. The molecule has 1 aliphatic carbocycles. The van der Waals surface area contributed by atoms with E-state index in [4.69, 9.17) is 9.15 Å². The second-order valence-corrected chi connectivity index (χ2v) is 10.2. The molecule has 2 atom stereocenters. The Kier molecular flexibility index (Phi) is 6.81. The van der Waals surface area contributed by atoms with Crippen LogP contribution in [-0.4, -0.2) is 53.2 Å². The number of rotatable bonds is 4. The van der Waals surface area contributed by atoms with E-state index >= 15 is 0 Å². The average Bonchev–Trinajstić information content (AvgIpc) is 3.42. The fourth-order valence-electron chi connectivity index (χ4n) is 5.13. The van der Waals surface area contributed by atoms with E-state index in [1.807, 2.05) is 20.8 Å². The van der Waals surface area contributed by atoms with Crippen molar-refractivity contribution in [3.63, 3.8) is 0 Å². The van der Waals surface area contributed by atoms with Crippen molar-refractivity contribution in [1.29, 1.82) is 0 Å². The van der Waals surface area contributed by atoms with Gasteiger partial charge in [-0.3, -0.25) is 9.69 Å². The lowest BCUT2D eigenvalue weighted by Gasteiger charge is -2.34. The summed E-state index contributed by atoms with van der Waals surface area (Å²) in [6.07, 6.45) is 6.03. The minimum Gasteiger partial charge on any atom is -0.462 e. The van der Waals surface area contributed by atoms with E-state index in [-0.39, 0.29) is 17.7 Å². The molecule has 1 aromatic carbocycles. The molecule has 1 saturated heterocycles. The van der Waals surface area contributed by atoms with Crippen LogP contribution in [0.2, 0.25) is 0 Å². The molecule has 34 heavy (non-hydrogen) atoms. The van der Waals surface area contributed by atoms with Crippen LogP contribution >= 0.6 is 0 Å². The highest BCUT2D eigenvalue weighted by atomic mass is 16.6. The summed E-state index contributed by atoms with van der Waals surface area (Å²) in [5, 5.41) is 2.95. The second kappa shape index (κ2) is 9.64. The molecule has 2 amide bonds. The Morgan fingerprint density at radius 3 is 2.53 bits per heavy atom. The number of oxazole rings is 1. The van der Waals surface area contributed by atoms with Crippen molar-refractivity contribution in [2.75, 3.05) is 19.0 Å². The molecule has 2 aromatic rings. The largest absolute Gasteiger partial charge is 0.462 e. The maximum absolute atomic E-state index is 13.6. The van der Waals surface area contributed by atoms with Gasteiger partial charge in [0.05, 0.1) is 7.11 Å². The number of amides is 2. The first-order valence-corrected chi connectivity index (χ1v) is 12.0. The fourth-order valence-corrected chi connectivity index (χ4v) is 5.13. The van der Waals surface area contributed by atoms with Gasteiger partial charge in [-0.05, 0) is 51.2 Å². The quantitative estimate of drug-likeness (QED) is 0.640. The zero-order chi connectivity index (χ0) is 24.5. The third-order valence-electron chi connectivity index (χ3n) is 6.61. The smallest absolute Gasteiger partial charge is 0.410 e. The van der Waals surface area contributed by atoms with E-state index in [0.717, 1.165) is 32.1 Å². The molecule has 2 heterocycles. The number of likely N-dealkylation sites (tertiary alicyclic amines) is 1. The van der Waals surface area contributed by atoms with Gasteiger partial charge in [-0.15, -0.1) is 0 Å². The Labute approximate surface area is 199 Å². The van der Waals surface area contributed by atoms with Crippen LogP contribution in [-0.2, 0) is 14.3 Å². The number of nitrogens with one attached hydrogen (secondary N) is 1. The van der Waals surface area contributed by atoms with Crippen LogP contribution in [0.1, 0.15) is 70.0 Å². The summed E-state index contributed by atoms with van der Waals surface area (Å²) in [7, 11) is 1.25.